The number of hydrogen-bond donors (Lipinski definition) is 4. The van der Waals surface area contributed by atoms with Crippen LogP contribution in [0.25, 0.3) is 11.3 Å². The van der Waals surface area contributed by atoms with Gasteiger partial charge in [-0.15, -0.1) is 0 Å². The molecule has 1 heterocycles. The molecule has 1 saturated carbocycles. The van der Waals surface area contributed by atoms with Crippen LogP contribution in [0.3, 0.4) is 0 Å². The van der Waals surface area contributed by atoms with Crippen molar-refractivity contribution in [1.82, 2.24) is 5.32 Å². The molecule has 31 heavy (non-hydrogen) atoms. The Bertz CT molecular complexity index is 895. The van der Waals surface area contributed by atoms with Crippen molar-refractivity contribution in [2.45, 2.75) is 50.6 Å². The lowest BCUT2D eigenvalue weighted by molar-refractivity contribution is -0.159. The van der Waals surface area contributed by atoms with Gasteiger partial charge in [0.15, 0.2) is 0 Å². The van der Waals surface area contributed by atoms with Crippen molar-refractivity contribution in [3.05, 3.63) is 46.7 Å². The molecule has 7 nitrogen and oxygen atoms in total. The summed E-state index contributed by atoms with van der Waals surface area (Å²) in [5, 5.41) is 27.3. The van der Waals surface area contributed by atoms with Gasteiger partial charge in [-0.25, -0.2) is 9.59 Å². The topological polar surface area (TPSA) is 120 Å². The Labute approximate surface area is 180 Å². The molecule has 2 aromatic rings. The smallest absolute Gasteiger partial charge is 0.417 e. The maximum atomic E-state index is 13.0. The largest absolute Gasteiger partial charge is 0.473 e. The summed E-state index contributed by atoms with van der Waals surface area (Å²) in [5.41, 5.74) is -0.535. The zero-order chi connectivity index (χ0) is 23.2. The van der Waals surface area contributed by atoms with Gasteiger partial charge in [-0.3, -0.25) is 0 Å². The first-order chi connectivity index (χ1) is 14.5. The van der Waals surface area contributed by atoms with Crippen LogP contribution >= 0.6 is 11.6 Å². The predicted molar refractivity (Wildman–Crippen MR) is 105 cm³/mol. The van der Waals surface area contributed by atoms with Gasteiger partial charge in [-0.1, -0.05) is 11.6 Å². The summed E-state index contributed by atoms with van der Waals surface area (Å²) >= 11 is 5.64. The van der Waals surface area contributed by atoms with Crippen LogP contribution in [0.4, 0.5) is 13.2 Å². The number of hydrogen-bond acceptors (Lipinski definition) is 5. The van der Waals surface area contributed by atoms with E-state index in [1.165, 1.54) is 12.1 Å². The van der Waals surface area contributed by atoms with Crippen LogP contribution in [0.2, 0.25) is 5.02 Å². The van der Waals surface area contributed by atoms with Gasteiger partial charge in [-0.05, 0) is 56.0 Å². The third kappa shape index (κ3) is 7.57. The highest BCUT2D eigenvalue weighted by Crippen LogP contribution is 2.37. The van der Waals surface area contributed by atoms with E-state index in [0.717, 1.165) is 31.7 Å². The Morgan fingerprint density at radius 3 is 2.23 bits per heavy atom. The SMILES string of the molecule is O=C(O)C(=O)O.OC1CCC(NCc2ccc(-c3ccc(Cl)c(C(F)(F)F)c3)o2)CC1. The van der Waals surface area contributed by atoms with E-state index in [1.54, 1.807) is 12.1 Å². The minimum Gasteiger partial charge on any atom is -0.473 e. The molecule has 3 rings (SSSR count). The number of rotatable bonds is 4. The van der Waals surface area contributed by atoms with E-state index in [1.807, 2.05) is 0 Å². The number of aliphatic carboxylic acids is 2. The molecule has 0 bridgehead atoms. The van der Waals surface area contributed by atoms with Gasteiger partial charge in [0.05, 0.1) is 23.2 Å². The molecular formula is C20H21ClF3NO6. The number of furan rings is 1. The normalized spacial score (nSPS) is 18.7. The number of aliphatic hydroxyl groups is 1. The number of carbonyl (C=O) groups is 2. The molecule has 0 spiro atoms. The van der Waals surface area contributed by atoms with E-state index in [0.29, 0.717) is 29.7 Å². The second kappa shape index (κ2) is 10.7. The summed E-state index contributed by atoms with van der Waals surface area (Å²) in [7, 11) is 0. The standard InChI is InChI=1S/C18H19ClF3NO2.C2H2O4/c19-16-7-1-11(9-15(16)18(20,21)22)17-8-6-14(25-17)10-23-12-2-4-13(24)5-3-12;3-1(4)2(5)6/h1,6-9,12-13,23-24H,2-5,10H2;(H,3,4)(H,5,6). The molecule has 0 aliphatic heterocycles. The molecule has 11 heteroatoms. The lowest BCUT2D eigenvalue weighted by atomic mass is 9.93. The monoisotopic (exact) mass is 463 g/mol. The van der Waals surface area contributed by atoms with Gasteiger partial charge in [-0.2, -0.15) is 13.2 Å². The quantitative estimate of drug-likeness (QED) is 0.502. The number of benzene rings is 1. The average Bonchev–Trinajstić information content (AvgIpc) is 3.16. The van der Waals surface area contributed by atoms with Crippen LogP contribution in [0.15, 0.2) is 34.7 Å². The van der Waals surface area contributed by atoms with Crippen molar-refractivity contribution >= 4 is 23.5 Å². The van der Waals surface area contributed by atoms with Crippen molar-refractivity contribution in [3.8, 4) is 11.3 Å². The highest BCUT2D eigenvalue weighted by atomic mass is 35.5. The Hall–Kier alpha value is -2.56. The van der Waals surface area contributed by atoms with Crippen molar-refractivity contribution in [2.24, 2.45) is 0 Å². The lowest BCUT2D eigenvalue weighted by Crippen LogP contribution is -2.34. The van der Waals surface area contributed by atoms with Crippen LogP contribution in [0, 0.1) is 0 Å². The molecule has 4 N–H and O–H groups in total. The minimum atomic E-state index is -4.50. The van der Waals surface area contributed by atoms with E-state index in [-0.39, 0.29) is 11.1 Å². The molecule has 0 unspecified atom stereocenters. The third-order valence-corrected chi connectivity index (χ3v) is 4.99. The van der Waals surface area contributed by atoms with Gasteiger partial charge in [0.25, 0.3) is 0 Å². The Morgan fingerprint density at radius 1 is 1.06 bits per heavy atom. The fourth-order valence-corrected chi connectivity index (χ4v) is 3.27. The molecule has 0 radical (unpaired) electrons. The summed E-state index contributed by atoms with van der Waals surface area (Å²) in [5.74, 6) is -2.62. The summed E-state index contributed by atoms with van der Waals surface area (Å²) in [6.45, 7) is 0.500. The molecule has 1 aromatic heterocycles. The summed E-state index contributed by atoms with van der Waals surface area (Å²) < 4.78 is 44.5. The Morgan fingerprint density at radius 2 is 1.68 bits per heavy atom. The van der Waals surface area contributed by atoms with E-state index in [9.17, 15) is 18.3 Å². The number of alkyl halides is 3. The van der Waals surface area contributed by atoms with Crippen LogP contribution < -0.4 is 5.32 Å². The second-order valence-electron chi connectivity index (χ2n) is 6.95. The number of carboxylic acid groups (broad SMARTS) is 2. The average molecular weight is 464 g/mol. The molecule has 1 aliphatic rings. The fourth-order valence-electron chi connectivity index (χ4n) is 3.05. The molecule has 170 valence electrons. The maximum absolute atomic E-state index is 13.0. The first-order valence-corrected chi connectivity index (χ1v) is 9.68. The van der Waals surface area contributed by atoms with Gasteiger partial charge in [0, 0.05) is 11.6 Å². The molecule has 0 saturated heterocycles. The van der Waals surface area contributed by atoms with Crippen LogP contribution in [-0.4, -0.2) is 39.4 Å². The fraction of sp³-hybridized carbons (Fsp3) is 0.400. The predicted octanol–water partition coefficient (Wildman–Crippen LogP) is 4.17. The molecule has 0 amide bonds. The minimum absolute atomic E-state index is 0.207. The maximum Gasteiger partial charge on any atom is 0.417 e. The Kier molecular flexibility index (Phi) is 8.49. The number of carboxylic acids is 2. The van der Waals surface area contributed by atoms with Gasteiger partial charge in [0.1, 0.15) is 11.5 Å². The van der Waals surface area contributed by atoms with Crippen molar-refractivity contribution < 1.29 is 42.5 Å². The molecule has 1 fully saturated rings. The number of nitrogens with one attached hydrogen (secondary N) is 1. The molecule has 1 aliphatic carbocycles. The van der Waals surface area contributed by atoms with E-state index in [2.05, 4.69) is 5.32 Å². The van der Waals surface area contributed by atoms with E-state index < -0.39 is 23.7 Å². The molecule has 0 atom stereocenters. The van der Waals surface area contributed by atoms with Gasteiger partial charge < -0.3 is 25.1 Å². The second-order valence-corrected chi connectivity index (χ2v) is 7.36. The summed E-state index contributed by atoms with van der Waals surface area (Å²) in [6, 6.07) is 7.47. The van der Waals surface area contributed by atoms with Crippen molar-refractivity contribution in [2.75, 3.05) is 0 Å². The zero-order valence-electron chi connectivity index (χ0n) is 16.2. The Balaban J connectivity index is 0.000000501. The highest BCUT2D eigenvalue weighted by molar-refractivity contribution is 6.31. The highest BCUT2D eigenvalue weighted by Gasteiger charge is 2.33. The number of aliphatic hydroxyl groups excluding tert-OH is 1. The molecular weight excluding hydrogens is 443 g/mol. The first kappa shape index (κ1) is 24.7. The molecule has 1 aromatic carbocycles. The summed E-state index contributed by atoms with van der Waals surface area (Å²) in [6.07, 6.45) is -1.34. The van der Waals surface area contributed by atoms with Gasteiger partial charge >= 0.3 is 18.1 Å². The van der Waals surface area contributed by atoms with E-state index >= 15 is 0 Å². The lowest BCUT2D eigenvalue weighted by Gasteiger charge is -2.25. The van der Waals surface area contributed by atoms with Gasteiger partial charge in [0.2, 0.25) is 0 Å². The van der Waals surface area contributed by atoms with E-state index in [4.69, 9.17) is 35.8 Å². The zero-order valence-corrected chi connectivity index (χ0v) is 16.9. The van der Waals surface area contributed by atoms with Crippen LogP contribution in [0.5, 0.6) is 0 Å². The van der Waals surface area contributed by atoms with Crippen molar-refractivity contribution in [3.63, 3.8) is 0 Å². The number of halogens is 4. The van der Waals surface area contributed by atoms with Crippen LogP contribution in [0.1, 0.15) is 37.0 Å². The summed E-state index contributed by atoms with van der Waals surface area (Å²) in [4.78, 5) is 18.2. The van der Waals surface area contributed by atoms with Crippen molar-refractivity contribution in [1.29, 1.82) is 0 Å². The third-order valence-electron chi connectivity index (χ3n) is 4.66. The first-order valence-electron chi connectivity index (χ1n) is 9.31. The van der Waals surface area contributed by atoms with Crippen LogP contribution in [-0.2, 0) is 22.3 Å².